The molecule has 6 nitrogen and oxygen atoms in total. The van der Waals surface area contributed by atoms with E-state index in [2.05, 4.69) is 15.0 Å². The van der Waals surface area contributed by atoms with Crippen LogP contribution in [0.2, 0.25) is 0 Å². The highest BCUT2D eigenvalue weighted by atomic mass is 16.5. The van der Waals surface area contributed by atoms with Gasteiger partial charge in [0.2, 0.25) is 5.89 Å². The Labute approximate surface area is 122 Å². The summed E-state index contributed by atoms with van der Waals surface area (Å²) in [5, 5.41) is 13.0. The van der Waals surface area contributed by atoms with E-state index in [1.165, 1.54) is 0 Å². The molecule has 2 aromatic rings. The second-order valence-electron chi connectivity index (χ2n) is 5.52. The summed E-state index contributed by atoms with van der Waals surface area (Å²) in [4.78, 5) is 17.5. The lowest BCUT2D eigenvalue weighted by Gasteiger charge is -2.17. The first kappa shape index (κ1) is 13.6. The van der Waals surface area contributed by atoms with E-state index >= 15 is 0 Å². The number of anilines is 1. The van der Waals surface area contributed by atoms with E-state index in [-0.39, 0.29) is 5.92 Å². The molecule has 0 spiro atoms. The molecule has 0 saturated carbocycles. The molecule has 0 aliphatic carbocycles. The smallest absolute Gasteiger partial charge is 0.335 e. The van der Waals surface area contributed by atoms with Gasteiger partial charge in [0, 0.05) is 18.2 Å². The number of nitrogens with zero attached hydrogens (tertiary/aromatic N) is 3. The van der Waals surface area contributed by atoms with Gasteiger partial charge in [0.25, 0.3) is 0 Å². The molecule has 0 fully saturated rings. The zero-order valence-corrected chi connectivity index (χ0v) is 12.0. The van der Waals surface area contributed by atoms with Crippen LogP contribution in [0.5, 0.6) is 0 Å². The van der Waals surface area contributed by atoms with Crippen molar-refractivity contribution in [1.82, 2.24) is 10.1 Å². The summed E-state index contributed by atoms with van der Waals surface area (Å²) < 4.78 is 5.21. The summed E-state index contributed by atoms with van der Waals surface area (Å²) in [5.74, 6) is 0.630. The summed E-state index contributed by atoms with van der Waals surface area (Å²) in [5.41, 5.74) is 2.44. The van der Waals surface area contributed by atoms with Gasteiger partial charge in [-0.15, -0.1) is 0 Å². The minimum Gasteiger partial charge on any atom is -0.478 e. The molecular weight excluding hydrogens is 270 g/mol. The number of rotatable bonds is 4. The van der Waals surface area contributed by atoms with E-state index in [1.807, 2.05) is 19.9 Å². The molecule has 0 atom stereocenters. The Hall–Kier alpha value is -2.37. The van der Waals surface area contributed by atoms with Gasteiger partial charge >= 0.3 is 5.97 Å². The lowest BCUT2D eigenvalue weighted by molar-refractivity contribution is 0.0697. The van der Waals surface area contributed by atoms with E-state index < -0.39 is 5.97 Å². The molecule has 1 aromatic heterocycles. The van der Waals surface area contributed by atoms with Gasteiger partial charge in [0.05, 0.1) is 12.1 Å². The molecule has 1 aliphatic rings. The lowest BCUT2D eigenvalue weighted by Crippen LogP contribution is -2.20. The third-order valence-electron chi connectivity index (χ3n) is 3.63. The van der Waals surface area contributed by atoms with Crippen LogP contribution >= 0.6 is 0 Å². The third kappa shape index (κ3) is 2.61. The van der Waals surface area contributed by atoms with Crippen molar-refractivity contribution in [3.05, 3.63) is 41.0 Å². The van der Waals surface area contributed by atoms with Gasteiger partial charge in [0.15, 0.2) is 5.82 Å². The Morgan fingerprint density at radius 1 is 1.48 bits per heavy atom. The molecule has 21 heavy (non-hydrogen) atoms. The summed E-state index contributed by atoms with van der Waals surface area (Å²) in [6.07, 6.45) is 0.839. The second kappa shape index (κ2) is 5.20. The number of hydrogen-bond donors (Lipinski definition) is 1. The molecule has 1 aromatic carbocycles. The first-order valence-electron chi connectivity index (χ1n) is 6.98. The van der Waals surface area contributed by atoms with Crippen LogP contribution in [0.15, 0.2) is 22.7 Å². The summed E-state index contributed by atoms with van der Waals surface area (Å²) in [7, 11) is 0. The fourth-order valence-corrected chi connectivity index (χ4v) is 2.50. The highest BCUT2D eigenvalue weighted by Crippen LogP contribution is 2.30. The van der Waals surface area contributed by atoms with Crippen molar-refractivity contribution < 1.29 is 14.4 Å². The largest absolute Gasteiger partial charge is 0.478 e. The molecule has 0 amide bonds. The number of benzene rings is 1. The van der Waals surface area contributed by atoms with Crippen LogP contribution in [-0.2, 0) is 13.0 Å². The van der Waals surface area contributed by atoms with Crippen LogP contribution in [0.3, 0.4) is 0 Å². The first-order valence-corrected chi connectivity index (χ1v) is 6.98. The zero-order chi connectivity index (χ0) is 15.0. The number of aromatic nitrogens is 2. The molecule has 6 heteroatoms. The molecule has 1 N–H and O–H groups in total. The summed E-state index contributed by atoms with van der Waals surface area (Å²) >= 11 is 0. The standard InChI is InChI=1S/C15H17N3O3/c1-9(2)14-16-13(17-21-14)8-18-6-5-10-7-11(15(19)20)3-4-12(10)18/h3-4,7,9H,5-6,8H2,1-2H3,(H,19,20). The van der Waals surface area contributed by atoms with Gasteiger partial charge in [-0.1, -0.05) is 19.0 Å². The fourth-order valence-electron chi connectivity index (χ4n) is 2.50. The van der Waals surface area contributed by atoms with Crippen molar-refractivity contribution in [2.45, 2.75) is 32.7 Å². The zero-order valence-electron chi connectivity index (χ0n) is 12.0. The number of hydrogen-bond acceptors (Lipinski definition) is 5. The highest BCUT2D eigenvalue weighted by molar-refractivity contribution is 5.88. The van der Waals surface area contributed by atoms with E-state index in [0.717, 1.165) is 24.2 Å². The van der Waals surface area contributed by atoms with Crippen LogP contribution < -0.4 is 4.90 Å². The van der Waals surface area contributed by atoms with E-state index in [0.29, 0.717) is 23.8 Å². The van der Waals surface area contributed by atoms with E-state index in [1.54, 1.807) is 12.1 Å². The maximum atomic E-state index is 11.0. The average molecular weight is 287 g/mol. The molecule has 0 saturated heterocycles. The quantitative estimate of drug-likeness (QED) is 0.930. The number of carbonyl (C=O) groups is 1. The maximum Gasteiger partial charge on any atom is 0.335 e. The lowest BCUT2D eigenvalue weighted by atomic mass is 10.1. The predicted octanol–water partition coefficient (Wildman–Crippen LogP) is 2.45. The Bertz CT molecular complexity index is 679. The number of carboxylic acid groups (broad SMARTS) is 1. The van der Waals surface area contributed by atoms with Gasteiger partial charge in [-0.25, -0.2) is 4.79 Å². The second-order valence-corrected chi connectivity index (χ2v) is 5.52. The Morgan fingerprint density at radius 3 is 2.95 bits per heavy atom. The van der Waals surface area contributed by atoms with Crippen molar-refractivity contribution in [2.24, 2.45) is 0 Å². The van der Waals surface area contributed by atoms with Crippen LogP contribution in [0.1, 0.15) is 47.4 Å². The first-order chi connectivity index (χ1) is 10.0. The minimum atomic E-state index is -0.893. The van der Waals surface area contributed by atoms with Crippen molar-refractivity contribution in [3.8, 4) is 0 Å². The Balaban J connectivity index is 1.79. The van der Waals surface area contributed by atoms with Crippen molar-refractivity contribution in [1.29, 1.82) is 0 Å². The van der Waals surface area contributed by atoms with E-state index in [4.69, 9.17) is 9.63 Å². The molecule has 3 rings (SSSR count). The van der Waals surface area contributed by atoms with Gasteiger partial charge in [-0.05, 0) is 30.2 Å². The highest BCUT2D eigenvalue weighted by Gasteiger charge is 2.22. The molecule has 110 valence electrons. The SMILES string of the molecule is CC(C)c1nc(CN2CCc3cc(C(=O)O)ccc32)no1. The van der Waals surface area contributed by atoms with Crippen LogP contribution in [0.4, 0.5) is 5.69 Å². The van der Waals surface area contributed by atoms with Gasteiger partial charge in [-0.3, -0.25) is 0 Å². The average Bonchev–Trinajstić information content (AvgIpc) is 3.06. The third-order valence-corrected chi connectivity index (χ3v) is 3.63. The molecular formula is C15H17N3O3. The van der Waals surface area contributed by atoms with Crippen LogP contribution in [0.25, 0.3) is 0 Å². The molecule has 0 bridgehead atoms. The van der Waals surface area contributed by atoms with Crippen molar-refractivity contribution in [3.63, 3.8) is 0 Å². The molecule has 0 unspecified atom stereocenters. The fraction of sp³-hybridized carbons (Fsp3) is 0.400. The van der Waals surface area contributed by atoms with Gasteiger partial charge in [-0.2, -0.15) is 4.98 Å². The van der Waals surface area contributed by atoms with Crippen molar-refractivity contribution >= 4 is 11.7 Å². The van der Waals surface area contributed by atoms with Crippen molar-refractivity contribution in [2.75, 3.05) is 11.4 Å². The summed E-state index contributed by atoms with van der Waals surface area (Å²) in [6, 6.07) is 5.23. The number of aromatic carboxylic acids is 1. The number of carboxylic acids is 1. The summed E-state index contributed by atoms with van der Waals surface area (Å²) in [6.45, 7) is 5.44. The van der Waals surface area contributed by atoms with Crippen LogP contribution in [-0.4, -0.2) is 27.8 Å². The minimum absolute atomic E-state index is 0.218. The van der Waals surface area contributed by atoms with Gasteiger partial charge < -0.3 is 14.5 Å². The molecule has 0 radical (unpaired) electrons. The normalized spacial score (nSPS) is 13.8. The van der Waals surface area contributed by atoms with Gasteiger partial charge in [0.1, 0.15) is 0 Å². The molecule has 1 aliphatic heterocycles. The van der Waals surface area contributed by atoms with E-state index in [9.17, 15) is 4.79 Å². The predicted molar refractivity (Wildman–Crippen MR) is 76.5 cm³/mol. The Kier molecular flexibility index (Phi) is 3.37. The maximum absolute atomic E-state index is 11.0. The Morgan fingerprint density at radius 2 is 2.29 bits per heavy atom. The number of fused-ring (bicyclic) bond motifs is 1. The van der Waals surface area contributed by atoms with Crippen LogP contribution in [0, 0.1) is 0 Å². The molecule has 2 heterocycles. The topological polar surface area (TPSA) is 79.5 Å². The monoisotopic (exact) mass is 287 g/mol.